The van der Waals surface area contributed by atoms with Gasteiger partial charge in [0, 0.05) is 26.3 Å². The average molecular weight is 504 g/mol. The van der Waals surface area contributed by atoms with Gasteiger partial charge in [-0.2, -0.15) is 13.2 Å². The molecule has 2 aromatic rings. The molecule has 36 heavy (non-hydrogen) atoms. The lowest BCUT2D eigenvalue weighted by Gasteiger charge is -2.22. The number of rotatable bonds is 4. The lowest BCUT2D eigenvalue weighted by Crippen LogP contribution is -2.22. The lowest BCUT2D eigenvalue weighted by molar-refractivity contribution is -0.169. The molecule has 2 heterocycles. The summed E-state index contributed by atoms with van der Waals surface area (Å²) in [6.07, 6.45) is -1.76. The standard InChI is InChI=1S/C14H17F3.C13H17NO.C2H4.CH2O/c1-9(2)13-7-10(3)5-6-12(13)8-11(4)14(15,16)17;1-2-12-8-14-9-13(12)7-11(1)10-3-5-15-6-4-10;2*1-2/h5-7,11H,1,8H2,2-4H3;1-2,7,10,14H,3-6,8-9H2;1-2H2;1H2. The molecule has 2 aromatic carbocycles. The van der Waals surface area contributed by atoms with Crippen molar-refractivity contribution >= 4 is 12.4 Å². The molecule has 2 aliphatic rings. The highest BCUT2D eigenvalue weighted by Gasteiger charge is 2.36. The number of carbonyl (C=O) groups excluding carboxylic acids is 1. The van der Waals surface area contributed by atoms with Crippen LogP contribution in [0.1, 0.15) is 66.0 Å². The third-order valence-electron chi connectivity index (χ3n) is 6.36. The molecule has 1 unspecified atom stereocenters. The van der Waals surface area contributed by atoms with Gasteiger partial charge in [-0.3, -0.25) is 0 Å². The first-order chi connectivity index (χ1) is 17.1. The molecule has 1 fully saturated rings. The topological polar surface area (TPSA) is 38.3 Å². The molecular weight excluding hydrogens is 463 g/mol. The van der Waals surface area contributed by atoms with E-state index in [2.05, 4.69) is 43.3 Å². The fourth-order valence-corrected chi connectivity index (χ4v) is 4.31. The largest absolute Gasteiger partial charge is 0.391 e. The lowest BCUT2D eigenvalue weighted by atomic mass is 9.90. The number of alkyl halides is 3. The minimum absolute atomic E-state index is 0.00593. The Bertz CT molecular complexity index is 963. The van der Waals surface area contributed by atoms with Gasteiger partial charge in [-0.15, -0.1) is 13.2 Å². The second-order valence-corrected chi connectivity index (χ2v) is 9.11. The zero-order valence-electron chi connectivity index (χ0n) is 21.8. The van der Waals surface area contributed by atoms with E-state index < -0.39 is 12.1 Å². The number of carbonyl (C=O) groups is 1. The molecule has 0 aliphatic carbocycles. The van der Waals surface area contributed by atoms with Crippen LogP contribution in [0.5, 0.6) is 0 Å². The van der Waals surface area contributed by atoms with Gasteiger partial charge in [-0.25, -0.2) is 0 Å². The van der Waals surface area contributed by atoms with Gasteiger partial charge in [0.1, 0.15) is 6.79 Å². The van der Waals surface area contributed by atoms with Gasteiger partial charge in [0.15, 0.2) is 0 Å². The molecule has 0 aromatic heterocycles. The van der Waals surface area contributed by atoms with Gasteiger partial charge in [-0.1, -0.05) is 61.0 Å². The zero-order valence-corrected chi connectivity index (χ0v) is 21.8. The first kappa shape index (κ1) is 31.3. The smallest absolute Gasteiger partial charge is 0.381 e. The number of fused-ring (bicyclic) bond motifs is 1. The van der Waals surface area contributed by atoms with E-state index in [1.54, 1.807) is 6.07 Å². The van der Waals surface area contributed by atoms with Crippen LogP contribution < -0.4 is 5.32 Å². The summed E-state index contributed by atoms with van der Waals surface area (Å²) in [5.41, 5.74) is 7.88. The first-order valence-corrected chi connectivity index (χ1v) is 12.2. The molecule has 0 spiro atoms. The predicted octanol–water partition coefficient (Wildman–Crippen LogP) is 7.57. The summed E-state index contributed by atoms with van der Waals surface area (Å²) >= 11 is 0. The van der Waals surface area contributed by atoms with Gasteiger partial charge in [0.25, 0.3) is 0 Å². The summed E-state index contributed by atoms with van der Waals surface area (Å²) in [5.74, 6) is -0.604. The van der Waals surface area contributed by atoms with E-state index in [9.17, 15) is 13.2 Å². The highest BCUT2D eigenvalue weighted by molar-refractivity contribution is 5.65. The highest BCUT2D eigenvalue weighted by Crippen LogP contribution is 2.31. The van der Waals surface area contributed by atoms with Crippen LogP contribution in [0.2, 0.25) is 0 Å². The maximum absolute atomic E-state index is 12.5. The Morgan fingerprint density at radius 1 is 1.06 bits per heavy atom. The molecule has 2 aliphatic heterocycles. The number of nitrogens with one attached hydrogen (secondary N) is 1. The van der Waals surface area contributed by atoms with Crippen molar-refractivity contribution in [3.05, 3.63) is 89.5 Å². The number of benzene rings is 2. The number of hydrogen-bond acceptors (Lipinski definition) is 3. The zero-order chi connectivity index (χ0) is 27.3. The van der Waals surface area contributed by atoms with E-state index in [0.29, 0.717) is 5.56 Å². The Hall–Kier alpha value is -2.70. The van der Waals surface area contributed by atoms with E-state index in [-0.39, 0.29) is 6.42 Å². The second-order valence-electron chi connectivity index (χ2n) is 9.11. The van der Waals surface area contributed by atoms with Gasteiger partial charge >= 0.3 is 6.18 Å². The third-order valence-corrected chi connectivity index (χ3v) is 6.36. The summed E-state index contributed by atoms with van der Waals surface area (Å²) < 4.78 is 43.0. The van der Waals surface area contributed by atoms with Crippen LogP contribution in [-0.4, -0.2) is 26.2 Å². The normalized spacial score (nSPS) is 15.6. The predicted molar refractivity (Wildman–Crippen MR) is 143 cm³/mol. The van der Waals surface area contributed by atoms with Crippen molar-refractivity contribution in [1.29, 1.82) is 0 Å². The fourth-order valence-electron chi connectivity index (χ4n) is 4.31. The van der Waals surface area contributed by atoms with Crippen molar-refractivity contribution in [2.45, 2.75) is 65.2 Å². The van der Waals surface area contributed by atoms with Crippen molar-refractivity contribution in [2.24, 2.45) is 5.92 Å². The summed E-state index contributed by atoms with van der Waals surface area (Å²) in [4.78, 5) is 8.00. The number of allylic oxidation sites excluding steroid dienone is 1. The summed E-state index contributed by atoms with van der Waals surface area (Å²) in [5, 5.41) is 3.39. The van der Waals surface area contributed by atoms with Crippen LogP contribution in [0.4, 0.5) is 13.2 Å². The van der Waals surface area contributed by atoms with E-state index in [1.165, 1.54) is 36.5 Å². The molecule has 0 bridgehead atoms. The minimum Gasteiger partial charge on any atom is -0.381 e. The number of ether oxygens (including phenoxy) is 1. The molecule has 1 saturated heterocycles. The Labute approximate surface area is 214 Å². The van der Waals surface area contributed by atoms with Crippen LogP contribution >= 0.6 is 0 Å². The van der Waals surface area contributed by atoms with Crippen molar-refractivity contribution in [3.63, 3.8) is 0 Å². The Balaban J connectivity index is 0.000000317. The van der Waals surface area contributed by atoms with Gasteiger partial charge in [0.05, 0.1) is 5.92 Å². The summed E-state index contributed by atoms with van der Waals surface area (Å²) in [6.45, 7) is 20.7. The maximum atomic E-state index is 12.5. The Kier molecular flexibility index (Phi) is 13.4. The fraction of sp³-hybridized carbons (Fsp3) is 0.433. The summed E-state index contributed by atoms with van der Waals surface area (Å²) in [7, 11) is 0. The van der Waals surface area contributed by atoms with Crippen molar-refractivity contribution in [3.8, 4) is 0 Å². The van der Waals surface area contributed by atoms with Crippen LogP contribution in [0.15, 0.2) is 56.1 Å². The molecule has 4 rings (SSSR count). The third kappa shape index (κ3) is 9.40. The SMILES string of the molecule is C=C.C=C(C)c1cc(C)ccc1CC(C)C(F)(F)F.C=O.c1cc2c(cc1C1CCOCC1)CNC2. The number of hydrogen-bond donors (Lipinski definition) is 1. The van der Waals surface area contributed by atoms with Crippen molar-refractivity contribution in [2.75, 3.05) is 13.2 Å². The monoisotopic (exact) mass is 503 g/mol. The van der Waals surface area contributed by atoms with Crippen LogP contribution in [-0.2, 0) is 29.0 Å². The van der Waals surface area contributed by atoms with Crippen LogP contribution in [0.25, 0.3) is 5.57 Å². The molecule has 1 N–H and O–H groups in total. The summed E-state index contributed by atoms with van der Waals surface area (Å²) in [6, 6.07) is 12.5. The molecular formula is C30H40F3NO2. The van der Waals surface area contributed by atoms with Crippen LogP contribution in [0, 0.1) is 12.8 Å². The van der Waals surface area contributed by atoms with Gasteiger partial charge in [-0.05, 0) is 66.8 Å². The van der Waals surface area contributed by atoms with E-state index in [0.717, 1.165) is 48.9 Å². The second kappa shape index (κ2) is 15.4. The van der Waals surface area contributed by atoms with Crippen LogP contribution in [0.3, 0.4) is 0 Å². The molecule has 1 atom stereocenters. The quantitative estimate of drug-likeness (QED) is 0.437. The maximum Gasteiger partial charge on any atom is 0.391 e. The average Bonchev–Trinajstić information content (AvgIpc) is 3.36. The molecule has 0 amide bonds. The molecule has 0 radical (unpaired) electrons. The van der Waals surface area contributed by atoms with Gasteiger partial charge in [0.2, 0.25) is 0 Å². The number of aryl methyl sites for hydroxylation is 1. The number of halogens is 3. The Morgan fingerprint density at radius 2 is 1.67 bits per heavy atom. The minimum atomic E-state index is -4.14. The highest BCUT2D eigenvalue weighted by atomic mass is 19.4. The van der Waals surface area contributed by atoms with Crippen molar-refractivity contribution < 1.29 is 22.7 Å². The molecule has 0 saturated carbocycles. The van der Waals surface area contributed by atoms with Gasteiger partial charge < -0.3 is 14.8 Å². The molecule has 3 nitrogen and oxygen atoms in total. The molecule has 6 heteroatoms. The van der Waals surface area contributed by atoms with Crippen molar-refractivity contribution in [1.82, 2.24) is 5.32 Å². The van der Waals surface area contributed by atoms with E-state index in [4.69, 9.17) is 9.53 Å². The van der Waals surface area contributed by atoms with E-state index in [1.807, 2.05) is 32.8 Å². The molecule has 198 valence electrons. The first-order valence-electron chi connectivity index (χ1n) is 12.2. The Morgan fingerprint density at radius 3 is 2.25 bits per heavy atom. The van der Waals surface area contributed by atoms with E-state index >= 15 is 0 Å².